The van der Waals surface area contributed by atoms with E-state index in [1.54, 1.807) is 39.2 Å². The van der Waals surface area contributed by atoms with Gasteiger partial charge >= 0.3 is 12.1 Å². The molecule has 0 radical (unpaired) electrons. The maximum atomic E-state index is 14.2. The number of fused-ring (bicyclic) bond motifs is 1. The summed E-state index contributed by atoms with van der Waals surface area (Å²) in [6.45, 7) is 5.32. The molecule has 3 aromatic rings. The lowest BCUT2D eigenvalue weighted by Crippen LogP contribution is -2.37. The summed E-state index contributed by atoms with van der Waals surface area (Å²) < 4.78 is 54.0. The van der Waals surface area contributed by atoms with E-state index in [4.69, 9.17) is 14.5 Å². The monoisotopic (exact) mass is 529 g/mol. The molecule has 0 aliphatic carbocycles. The second-order valence-corrected chi connectivity index (χ2v) is 9.63. The zero-order valence-corrected chi connectivity index (χ0v) is 21.3. The van der Waals surface area contributed by atoms with E-state index in [1.807, 2.05) is 12.1 Å². The third-order valence-corrected chi connectivity index (χ3v) is 6.77. The average Bonchev–Trinajstić information content (AvgIpc) is 2.86. The fourth-order valence-electron chi connectivity index (χ4n) is 4.31. The SMILES string of the molecule is CCOC(=O)C1C(CSc2ccncc2)=Nc2ccnc(OC(C)C)c2C1c1ccccc1C(F)(F)F. The number of hydrogen-bond donors (Lipinski definition) is 0. The number of carbonyl (C=O) groups excluding carboxylic acids is 1. The summed E-state index contributed by atoms with van der Waals surface area (Å²) in [7, 11) is 0. The lowest BCUT2D eigenvalue weighted by Gasteiger charge is -2.34. The number of aromatic nitrogens is 2. The van der Waals surface area contributed by atoms with Gasteiger partial charge in [-0.25, -0.2) is 4.98 Å². The highest BCUT2D eigenvalue weighted by molar-refractivity contribution is 8.00. The number of benzene rings is 1. The maximum Gasteiger partial charge on any atom is 0.416 e. The summed E-state index contributed by atoms with van der Waals surface area (Å²) in [5.74, 6) is -2.42. The molecule has 37 heavy (non-hydrogen) atoms. The third kappa shape index (κ3) is 5.95. The Balaban J connectivity index is 1.94. The van der Waals surface area contributed by atoms with Crippen molar-refractivity contribution < 1.29 is 27.4 Å². The van der Waals surface area contributed by atoms with Gasteiger partial charge in [-0.15, -0.1) is 11.8 Å². The molecule has 4 rings (SSSR count). The number of halogens is 3. The van der Waals surface area contributed by atoms with Crippen molar-refractivity contribution in [2.75, 3.05) is 12.4 Å². The van der Waals surface area contributed by atoms with Gasteiger partial charge in [-0.1, -0.05) is 18.2 Å². The first-order valence-electron chi connectivity index (χ1n) is 11.8. The minimum absolute atomic E-state index is 0.0581. The van der Waals surface area contributed by atoms with Crippen LogP contribution in [0.25, 0.3) is 0 Å². The highest BCUT2D eigenvalue weighted by atomic mass is 32.2. The van der Waals surface area contributed by atoms with Gasteiger partial charge in [0.25, 0.3) is 0 Å². The quantitative estimate of drug-likeness (QED) is 0.246. The van der Waals surface area contributed by atoms with Crippen molar-refractivity contribution in [2.45, 2.75) is 43.9 Å². The van der Waals surface area contributed by atoms with Crippen molar-refractivity contribution in [3.63, 3.8) is 0 Å². The number of nitrogens with zero attached hydrogens (tertiary/aromatic N) is 3. The standard InChI is InChI=1S/C27H26F3N3O3S/c1-4-35-26(34)24-21(15-37-17-9-12-31-13-10-17)33-20-11-14-32-25(36-16(2)3)23(20)22(24)18-7-5-6-8-19(18)27(28,29)30/h5-14,16,22,24H,4,15H2,1-3H3. The van der Waals surface area contributed by atoms with E-state index in [2.05, 4.69) is 9.97 Å². The molecule has 2 atom stereocenters. The molecule has 1 aliphatic heterocycles. The van der Waals surface area contributed by atoms with Gasteiger partial charge in [0.2, 0.25) is 5.88 Å². The fraction of sp³-hybridized carbons (Fsp3) is 0.333. The summed E-state index contributed by atoms with van der Waals surface area (Å²) in [6.07, 6.45) is -0.145. The lowest BCUT2D eigenvalue weighted by atomic mass is 9.74. The Bertz CT molecular complexity index is 1280. The molecule has 0 saturated heterocycles. The second kappa shape index (κ2) is 11.3. The molecule has 0 fully saturated rings. The van der Waals surface area contributed by atoms with Gasteiger partial charge < -0.3 is 9.47 Å². The maximum absolute atomic E-state index is 14.2. The van der Waals surface area contributed by atoms with Crippen LogP contribution in [0.4, 0.5) is 18.9 Å². The Hall–Kier alpha value is -3.40. The normalized spacial score (nSPS) is 17.2. The summed E-state index contributed by atoms with van der Waals surface area (Å²) in [5.41, 5.74) is 0.276. The van der Waals surface area contributed by atoms with Gasteiger partial charge in [0.15, 0.2) is 0 Å². The van der Waals surface area contributed by atoms with E-state index in [1.165, 1.54) is 36.2 Å². The van der Waals surface area contributed by atoms with Crippen molar-refractivity contribution in [2.24, 2.45) is 10.9 Å². The van der Waals surface area contributed by atoms with Crippen molar-refractivity contribution in [3.05, 3.63) is 77.7 Å². The van der Waals surface area contributed by atoms with Gasteiger partial charge in [-0.2, -0.15) is 13.2 Å². The minimum atomic E-state index is -4.64. The Morgan fingerprint density at radius 3 is 2.49 bits per heavy atom. The van der Waals surface area contributed by atoms with E-state index in [9.17, 15) is 18.0 Å². The van der Waals surface area contributed by atoms with Crippen molar-refractivity contribution in [1.82, 2.24) is 9.97 Å². The van der Waals surface area contributed by atoms with Gasteiger partial charge in [-0.3, -0.25) is 14.8 Å². The number of alkyl halides is 3. The van der Waals surface area contributed by atoms with Gasteiger partial charge in [0.1, 0.15) is 5.92 Å². The smallest absolute Gasteiger partial charge is 0.416 e. The van der Waals surface area contributed by atoms with Crippen molar-refractivity contribution >= 4 is 29.1 Å². The molecule has 10 heteroatoms. The van der Waals surface area contributed by atoms with Crippen LogP contribution in [0.1, 0.15) is 43.4 Å². The molecule has 0 N–H and O–H groups in total. The number of esters is 1. The van der Waals surface area contributed by atoms with E-state index in [0.717, 1.165) is 11.0 Å². The zero-order chi connectivity index (χ0) is 26.6. The van der Waals surface area contributed by atoms with Crippen molar-refractivity contribution in [1.29, 1.82) is 0 Å². The Morgan fingerprint density at radius 2 is 1.81 bits per heavy atom. The summed E-state index contributed by atoms with van der Waals surface area (Å²) in [6, 6.07) is 10.5. The first-order valence-corrected chi connectivity index (χ1v) is 12.8. The number of rotatable bonds is 8. The van der Waals surface area contributed by atoms with E-state index in [-0.39, 0.29) is 29.9 Å². The molecule has 1 aromatic carbocycles. The first-order chi connectivity index (χ1) is 17.7. The Kier molecular flexibility index (Phi) is 8.16. The van der Waals surface area contributed by atoms with Crippen LogP contribution in [0.5, 0.6) is 5.88 Å². The molecule has 3 heterocycles. The first kappa shape index (κ1) is 26.7. The number of carbonyl (C=O) groups is 1. The van der Waals surface area contributed by atoms with Crippen LogP contribution in [-0.4, -0.2) is 40.1 Å². The number of thioether (sulfide) groups is 1. The lowest BCUT2D eigenvalue weighted by molar-refractivity contribution is -0.147. The molecule has 0 spiro atoms. The molecule has 0 saturated carbocycles. The van der Waals surface area contributed by atoms with E-state index < -0.39 is 29.5 Å². The van der Waals surface area contributed by atoms with Crippen LogP contribution in [0.15, 0.2) is 70.9 Å². The van der Waals surface area contributed by atoms with Gasteiger partial charge in [0, 0.05) is 46.4 Å². The topological polar surface area (TPSA) is 73.7 Å². The van der Waals surface area contributed by atoms with E-state index in [0.29, 0.717) is 17.0 Å². The molecule has 2 aromatic heterocycles. The predicted molar refractivity (Wildman–Crippen MR) is 135 cm³/mol. The highest BCUT2D eigenvalue weighted by Gasteiger charge is 2.46. The molecule has 6 nitrogen and oxygen atoms in total. The molecule has 2 unspecified atom stereocenters. The summed E-state index contributed by atoms with van der Waals surface area (Å²) in [5, 5.41) is 0. The average molecular weight is 530 g/mol. The number of aliphatic imine (C=N–C) groups is 1. The van der Waals surface area contributed by atoms with Crippen LogP contribution in [0.2, 0.25) is 0 Å². The molecule has 194 valence electrons. The number of hydrogen-bond acceptors (Lipinski definition) is 7. The minimum Gasteiger partial charge on any atom is -0.475 e. The van der Waals surface area contributed by atoms with Crippen LogP contribution < -0.4 is 4.74 Å². The molecular weight excluding hydrogens is 503 g/mol. The number of ether oxygens (including phenoxy) is 2. The third-order valence-electron chi connectivity index (χ3n) is 5.72. The molecule has 0 bridgehead atoms. The largest absolute Gasteiger partial charge is 0.475 e. The van der Waals surface area contributed by atoms with Crippen LogP contribution in [0.3, 0.4) is 0 Å². The van der Waals surface area contributed by atoms with Crippen LogP contribution in [-0.2, 0) is 15.7 Å². The van der Waals surface area contributed by atoms with Gasteiger partial charge in [-0.05, 0) is 50.6 Å². The Morgan fingerprint density at radius 1 is 1.08 bits per heavy atom. The van der Waals surface area contributed by atoms with Crippen molar-refractivity contribution in [3.8, 4) is 5.88 Å². The molecule has 1 aliphatic rings. The summed E-state index contributed by atoms with van der Waals surface area (Å²) >= 11 is 1.42. The molecular formula is C27H26F3N3O3S. The number of pyridine rings is 2. The molecule has 0 amide bonds. The predicted octanol–water partition coefficient (Wildman–Crippen LogP) is 6.47. The highest BCUT2D eigenvalue weighted by Crippen LogP contribution is 2.50. The second-order valence-electron chi connectivity index (χ2n) is 8.58. The Labute approximate surface area is 217 Å². The summed E-state index contributed by atoms with van der Waals surface area (Å²) in [4.78, 5) is 27.4. The van der Waals surface area contributed by atoms with Crippen LogP contribution in [0, 0.1) is 5.92 Å². The zero-order valence-electron chi connectivity index (χ0n) is 20.5. The van der Waals surface area contributed by atoms with E-state index >= 15 is 0 Å². The fourth-order valence-corrected chi connectivity index (χ4v) is 5.19. The van der Waals surface area contributed by atoms with Gasteiger partial charge in [0.05, 0.1) is 24.0 Å². The van der Waals surface area contributed by atoms with Crippen LogP contribution >= 0.6 is 11.8 Å².